The van der Waals surface area contributed by atoms with Crippen LogP contribution in [-0.4, -0.2) is 4.40 Å². The van der Waals surface area contributed by atoms with Crippen LogP contribution >= 0.6 is 0 Å². The Balaban J connectivity index is 3.09. The van der Waals surface area contributed by atoms with Crippen molar-refractivity contribution < 1.29 is 0 Å². The van der Waals surface area contributed by atoms with Gasteiger partial charge in [-0.25, -0.2) is 0 Å². The van der Waals surface area contributed by atoms with Gasteiger partial charge in [0.05, 0.1) is 11.2 Å². The number of nitrogens with two attached hydrogens (primary N) is 1. The first-order valence-electron chi connectivity index (χ1n) is 4.07. The van der Waals surface area contributed by atoms with Crippen LogP contribution in [0.1, 0.15) is 5.69 Å². The molecule has 0 saturated heterocycles. The number of pyridine rings is 2. The first-order valence-corrected chi connectivity index (χ1v) is 4.07. The van der Waals surface area contributed by atoms with Crippen LogP contribution < -0.4 is 11.3 Å². The Kier molecular flexibility index (Phi) is 1.59. The minimum atomic E-state index is -0.0395. The maximum Gasteiger partial charge on any atom is 0.255 e. The Bertz CT molecular complexity index is 514. The summed E-state index contributed by atoms with van der Waals surface area (Å²) in [5, 5.41) is 0. The highest BCUT2D eigenvalue weighted by Crippen LogP contribution is 2.11. The number of hydrogen-bond acceptors (Lipinski definition) is 2. The van der Waals surface area contributed by atoms with E-state index in [-0.39, 0.29) is 5.56 Å². The summed E-state index contributed by atoms with van der Waals surface area (Å²) in [5.74, 6) is 0. The molecule has 2 aromatic rings. The first kappa shape index (κ1) is 7.86. The van der Waals surface area contributed by atoms with Crippen molar-refractivity contribution in [2.45, 2.75) is 6.92 Å². The molecule has 2 rings (SSSR count). The van der Waals surface area contributed by atoms with Crippen LogP contribution in [0.3, 0.4) is 0 Å². The second-order valence-electron chi connectivity index (χ2n) is 3.01. The molecular weight excluding hydrogens is 164 g/mol. The van der Waals surface area contributed by atoms with Gasteiger partial charge in [-0.3, -0.25) is 9.20 Å². The van der Waals surface area contributed by atoms with E-state index in [1.807, 2.05) is 25.1 Å². The third-order valence-electron chi connectivity index (χ3n) is 2.11. The number of aryl methyl sites for hydroxylation is 1. The molecule has 0 aliphatic rings. The van der Waals surface area contributed by atoms with Crippen molar-refractivity contribution >= 4 is 11.2 Å². The smallest absolute Gasteiger partial charge is 0.255 e. The van der Waals surface area contributed by atoms with Gasteiger partial charge in [0.15, 0.2) is 0 Å². The number of nitrogens with zero attached hydrogens (tertiary/aromatic N) is 1. The van der Waals surface area contributed by atoms with E-state index in [2.05, 4.69) is 0 Å². The van der Waals surface area contributed by atoms with Gasteiger partial charge in [0, 0.05) is 11.8 Å². The average Bonchev–Trinajstić information content (AvgIpc) is 2.12. The molecule has 0 aliphatic heterocycles. The quantitative estimate of drug-likeness (QED) is 0.652. The number of rotatable bonds is 0. The Morgan fingerprint density at radius 1 is 1.23 bits per heavy atom. The molecule has 0 aromatic carbocycles. The molecule has 0 fully saturated rings. The van der Waals surface area contributed by atoms with Crippen LogP contribution in [0.5, 0.6) is 0 Å². The number of aromatic nitrogens is 1. The second kappa shape index (κ2) is 2.62. The summed E-state index contributed by atoms with van der Waals surface area (Å²) in [6.07, 6.45) is 0. The minimum absolute atomic E-state index is 0.0395. The Labute approximate surface area is 75.4 Å². The van der Waals surface area contributed by atoms with Gasteiger partial charge in [0.1, 0.15) is 0 Å². The lowest BCUT2D eigenvalue weighted by atomic mass is 10.2. The van der Waals surface area contributed by atoms with Gasteiger partial charge in [0.25, 0.3) is 5.56 Å². The molecule has 0 bridgehead atoms. The molecule has 0 radical (unpaired) electrons. The zero-order valence-electron chi connectivity index (χ0n) is 7.32. The normalized spacial score (nSPS) is 10.5. The van der Waals surface area contributed by atoms with E-state index < -0.39 is 0 Å². The van der Waals surface area contributed by atoms with Gasteiger partial charge >= 0.3 is 0 Å². The molecular formula is C10H10N2O. The lowest BCUT2D eigenvalue weighted by Gasteiger charge is -2.05. The van der Waals surface area contributed by atoms with Crippen LogP contribution in [0.15, 0.2) is 35.1 Å². The van der Waals surface area contributed by atoms with Crippen molar-refractivity contribution in [3.8, 4) is 0 Å². The van der Waals surface area contributed by atoms with Crippen molar-refractivity contribution in [1.82, 2.24) is 4.40 Å². The van der Waals surface area contributed by atoms with E-state index in [4.69, 9.17) is 5.73 Å². The molecule has 13 heavy (non-hydrogen) atoms. The topological polar surface area (TPSA) is 47.5 Å². The highest BCUT2D eigenvalue weighted by atomic mass is 16.1. The third kappa shape index (κ3) is 1.09. The van der Waals surface area contributed by atoms with E-state index in [1.54, 1.807) is 10.5 Å². The lowest BCUT2D eigenvalue weighted by Crippen LogP contribution is -2.15. The summed E-state index contributed by atoms with van der Waals surface area (Å²) in [5.41, 5.74) is 7.99. The molecule has 0 saturated carbocycles. The summed E-state index contributed by atoms with van der Waals surface area (Å²) in [4.78, 5) is 11.5. The monoisotopic (exact) mass is 174 g/mol. The molecule has 2 heterocycles. The molecule has 3 nitrogen and oxygen atoms in total. The van der Waals surface area contributed by atoms with Crippen LogP contribution in [0.4, 0.5) is 5.69 Å². The summed E-state index contributed by atoms with van der Waals surface area (Å²) < 4.78 is 1.61. The van der Waals surface area contributed by atoms with Crippen molar-refractivity contribution in [3.63, 3.8) is 0 Å². The Morgan fingerprint density at radius 2 is 2.00 bits per heavy atom. The molecule has 0 atom stereocenters. The van der Waals surface area contributed by atoms with E-state index in [0.29, 0.717) is 5.69 Å². The zero-order chi connectivity index (χ0) is 9.42. The van der Waals surface area contributed by atoms with Crippen molar-refractivity contribution in [2.75, 3.05) is 5.73 Å². The van der Waals surface area contributed by atoms with Gasteiger partial charge in [0.2, 0.25) is 0 Å². The summed E-state index contributed by atoms with van der Waals surface area (Å²) >= 11 is 0. The first-order chi connectivity index (χ1) is 6.20. The van der Waals surface area contributed by atoms with Gasteiger partial charge in [-0.05, 0) is 25.1 Å². The Hall–Kier alpha value is -1.77. The van der Waals surface area contributed by atoms with E-state index in [1.165, 1.54) is 6.07 Å². The molecule has 3 heteroatoms. The van der Waals surface area contributed by atoms with Crippen LogP contribution in [0, 0.1) is 6.92 Å². The predicted octanol–water partition coefficient (Wildman–Crippen LogP) is 1.19. The largest absolute Gasteiger partial charge is 0.397 e. The summed E-state index contributed by atoms with van der Waals surface area (Å²) in [7, 11) is 0. The number of hydrogen-bond donors (Lipinski definition) is 1. The molecule has 0 unspecified atom stereocenters. The fraction of sp³-hybridized carbons (Fsp3) is 0.100. The third-order valence-corrected chi connectivity index (χ3v) is 2.11. The van der Waals surface area contributed by atoms with Gasteiger partial charge in [-0.15, -0.1) is 0 Å². The maximum absolute atomic E-state index is 11.5. The van der Waals surface area contributed by atoms with Crippen molar-refractivity contribution in [2.24, 2.45) is 0 Å². The Morgan fingerprint density at radius 3 is 2.69 bits per heavy atom. The SMILES string of the molecule is Cc1cccc2c(N)ccc(=O)n12. The van der Waals surface area contributed by atoms with E-state index in [0.717, 1.165) is 11.2 Å². The van der Waals surface area contributed by atoms with Gasteiger partial charge < -0.3 is 5.73 Å². The van der Waals surface area contributed by atoms with Crippen LogP contribution in [0.2, 0.25) is 0 Å². The van der Waals surface area contributed by atoms with Crippen LogP contribution in [-0.2, 0) is 0 Å². The number of anilines is 1. The lowest BCUT2D eigenvalue weighted by molar-refractivity contribution is 1.03. The van der Waals surface area contributed by atoms with Gasteiger partial charge in [-0.1, -0.05) is 6.07 Å². The highest BCUT2D eigenvalue weighted by molar-refractivity contribution is 5.69. The van der Waals surface area contributed by atoms with E-state index in [9.17, 15) is 4.79 Å². The number of nitrogen functional groups attached to an aromatic ring is 1. The molecule has 2 N–H and O–H groups in total. The van der Waals surface area contributed by atoms with E-state index >= 15 is 0 Å². The average molecular weight is 174 g/mol. The molecule has 0 aliphatic carbocycles. The molecule has 0 spiro atoms. The van der Waals surface area contributed by atoms with Gasteiger partial charge in [-0.2, -0.15) is 0 Å². The minimum Gasteiger partial charge on any atom is -0.397 e. The van der Waals surface area contributed by atoms with Crippen molar-refractivity contribution in [1.29, 1.82) is 0 Å². The zero-order valence-corrected chi connectivity index (χ0v) is 7.32. The summed E-state index contributed by atoms with van der Waals surface area (Å²) in [6.45, 7) is 1.88. The fourth-order valence-corrected chi connectivity index (χ4v) is 1.46. The fourth-order valence-electron chi connectivity index (χ4n) is 1.46. The second-order valence-corrected chi connectivity index (χ2v) is 3.01. The molecule has 2 aromatic heterocycles. The summed E-state index contributed by atoms with van der Waals surface area (Å²) in [6, 6.07) is 8.73. The number of fused-ring (bicyclic) bond motifs is 1. The van der Waals surface area contributed by atoms with Crippen molar-refractivity contribution in [3.05, 3.63) is 46.4 Å². The maximum atomic E-state index is 11.5. The molecule has 66 valence electrons. The highest BCUT2D eigenvalue weighted by Gasteiger charge is 2.00. The predicted molar refractivity (Wildman–Crippen MR) is 52.8 cm³/mol. The van der Waals surface area contributed by atoms with Crippen LogP contribution in [0.25, 0.3) is 5.52 Å². The standard InChI is InChI=1S/C10H10N2O/c1-7-3-2-4-9-8(11)5-6-10(13)12(7)9/h2-6H,11H2,1H3. The molecule has 0 amide bonds.